The van der Waals surface area contributed by atoms with Crippen LogP contribution in [0.4, 0.5) is 0 Å². The number of hydrogen-bond acceptors (Lipinski definition) is 2. The molecular weight excluding hydrogens is 214 g/mol. The minimum atomic E-state index is -0.108. The van der Waals surface area contributed by atoms with Gasteiger partial charge in [-0.05, 0) is 13.0 Å². The number of rotatable bonds is 3. The normalized spacial score (nSPS) is 21.5. The van der Waals surface area contributed by atoms with Crippen molar-refractivity contribution in [2.45, 2.75) is 25.9 Å². The molecule has 0 spiro atoms. The van der Waals surface area contributed by atoms with Crippen molar-refractivity contribution in [3.8, 4) is 5.75 Å². The van der Waals surface area contributed by atoms with E-state index >= 15 is 0 Å². The molecule has 3 heteroatoms. The largest absolute Gasteiger partial charge is 0.489 e. The van der Waals surface area contributed by atoms with Crippen LogP contribution in [-0.2, 0) is 0 Å². The number of ether oxygens (including phenoxy) is 1. The Morgan fingerprint density at radius 3 is 3.00 bits per heavy atom. The van der Waals surface area contributed by atoms with E-state index in [1.165, 1.54) is 0 Å². The van der Waals surface area contributed by atoms with Gasteiger partial charge < -0.3 is 10.1 Å². The Kier molecular flexibility index (Phi) is 3.18. The van der Waals surface area contributed by atoms with E-state index in [1.807, 2.05) is 19.1 Å². The molecule has 0 bridgehead atoms. The summed E-state index contributed by atoms with van der Waals surface area (Å²) in [7, 11) is 0. The molecular formula is C14H17NO2. The molecule has 2 atom stereocenters. The maximum Gasteiger partial charge on any atom is 0.255 e. The lowest BCUT2D eigenvalue weighted by atomic mass is 9.97. The molecule has 0 saturated heterocycles. The molecule has 0 saturated carbocycles. The Morgan fingerprint density at radius 2 is 2.29 bits per heavy atom. The topological polar surface area (TPSA) is 38.3 Å². The molecule has 3 nitrogen and oxygen atoms in total. The van der Waals surface area contributed by atoms with Gasteiger partial charge in [-0.25, -0.2) is 0 Å². The zero-order chi connectivity index (χ0) is 12.4. The van der Waals surface area contributed by atoms with E-state index < -0.39 is 0 Å². The summed E-state index contributed by atoms with van der Waals surface area (Å²) < 4.78 is 5.76. The summed E-state index contributed by atoms with van der Waals surface area (Å²) in [5.41, 5.74) is 1.73. The second kappa shape index (κ2) is 4.62. The lowest BCUT2D eigenvalue weighted by Gasteiger charge is -2.09. The van der Waals surface area contributed by atoms with Gasteiger partial charge in [-0.3, -0.25) is 4.79 Å². The number of carbonyl (C=O) groups excluding carboxylic acids is 1. The monoisotopic (exact) mass is 231 g/mol. The Hall–Kier alpha value is -1.77. The second-order valence-corrected chi connectivity index (χ2v) is 4.33. The lowest BCUT2D eigenvalue weighted by Crippen LogP contribution is -2.23. The van der Waals surface area contributed by atoms with Gasteiger partial charge in [0.15, 0.2) is 0 Å². The Bertz CT molecular complexity index is 454. The van der Waals surface area contributed by atoms with Crippen molar-refractivity contribution >= 4 is 5.91 Å². The molecule has 0 fully saturated rings. The third-order valence-electron chi connectivity index (χ3n) is 3.20. The Morgan fingerprint density at radius 1 is 1.53 bits per heavy atom. The molecule has 1 aliphatic rings. The number of nitrogens with one attached hydrogen (secondary N) is 1. The quantitative estimate of drug-likeness (QED) is 0.812. The highest BCUT2D eigenvalue weighted by atomic mass is 16.5. The fraction of sp³-hybridized carbons (Fsp3) is 0.357. The molecule has 2 unspecified atom stereocenters. The minimum absolute atomic E-state index is 0.108. The van der Waals surface area contributed by atoms with Crippen LogP contribution >= 0.6 is 0 Å². The van der Waals surface area contributed by atoms with E-state index in [4.69, 9.17) is 4.74 Å². The fourth-order valence-electron chi connectivity index (χ4n) is 2.02. The number of hydrogen-bond donors (Lipinski definition) is 1. The molecule has 1 amide bonds. The molecule has 0 radical (unpaired) electrons. The number of carbonyl (C=O) groups is 1. The molecule has 90 valence electrons. The molecule has 0 aromatic heterocycles. The number of fused-ring (bicyclic) bond motifs is 1. The van der Waals surface area contributed by atoms with Gasteiger partial charge in [0.05, 0.1) is 5.56 Å². The van der Waals surface area contributed by atoms with Gasteiger partial charge >= 0.3 is 0 Å². The predicted octanol–water partition coefficient (Wildman–Crippen LogP) is 2.49. The smallest absolute Gasteiger partial charge is 0.255 e. The molecule has 1 aromatic carbocycles. The SMILES string of the molecule is C=CCNC(=O)c1cccc2c1OC(C)C2C. The first kappa shape index (κ1) is 11.7. The molecule has 1 aromatic rings. The van der Waals surface area contributed by atoms with Crippen LogP contribution < -0.4 is 10.1 Å². The summed E-state index contributed by atoms with van der Waals surface area (Å²) >= 11 is 0. The summed E-state index contributed by atoms with van der Waals surface area (Å²) in [6, 6.07) is 5.72. The van der Waals surface area contributed by atoms with E-state index in [2.05, 4.69) is 18.8 Å². The highest BCUT2D eigenvalue weighted by Crippen LogP contribution is 2.40. The van der Waals surface area contributed by atoms with Crippen molar-refractivity contribution in [2.24, 2.45) is 0 Å². The van der Waals surface area contributed by atoms with E-state index in [-0.39, 0.29) is 12.0 Å². The van der Waals surface area contributed by atoms with Crippen LogP contribution in [0.15, 0.2) is 30.9 Å². The molecule has 17 heavy (non-hydrogen) atoms. The summed E-state index contributed by atoms with van der Waals surface area (Å²) in [5.74, 6) is 0.953. The Labute approximate surface area is 101 Å². The van der Waals surface area contributed by atoms with Crippen molar-refractivity contribution < 1.29 is 9.53 Å². The van der Waals surface area contributed by atoms with Crippen LogP contribution in [0.5, 0.6) is 5.75 Å². The van der Waals surface area contributed by atoms with Gasteiger partial charge in [-0.15, -0.1) is 6.58 Å². The van der Waals surface area contributed by atoms with Crippen molar-refractivity contribution in [1.29, 1.82) is 0 Å². The van der Waals surface area contributed by atoms with E-state index in [0.29, 0.717) is 18.0 Å². The number of amides is 1. The molecule has 1 heterocycles. The predicted molar refractivity (Wildman–Crippen MR) is 67.5 cm³/mol. The van der Waals surface area contributed by atoms with Crippen LogP contribution in [0.1, 0.15) is 35.7 Å². The van der Waals surface area contributed by atoms with E-state index in [9.17, 15) is 4.79 Å². The third-order valence-corrected chi connectivity index (χ3v) is 3.20. The minimum Gasteiger partial charge on any atom is -0.489 e. The summed E-state index contributed by atoms with van der Waals surface area (Å²) in [6.07, 6.45) is 1.78. The standard InChI is InChI=1S/C14H17NO2/c1-4-8-15-14(16)12-7-5-6-11-9(2)10(3)17-13(11)12/h4-7,9-10H,1,8H2,2-3H3,(H,15,16). The molecule has 1 N–H and O–H groups in total. The third kappa shape index (κ3) is 2.05. The van der Waals surface area contributed by atoms with Crippen LogP contribution in [-0.4, -0.2) is 18.6 Å². The van der Waals surface area contributed by atoms with E-state index in [0.717, 1.165) is 11.3 Å². The lowest BCUT2D eigenvalue weighted by molar-refractivity contribution is 0.0953. The maximum atomic E-state index is 11.9. The Balaban J connectivity index is 2.32. The van der Waals surface area contributed by atoms with Crippen LogP contribution in [0.3, 0.4) is 0 Å². The fourth-order valence-corrected chi connectivity index (χ4v) is 2.02. The molecule has 0 aliphatic carbocycles. The van der Waals surface area contributed by atoms with Crippen LogP contribution in [0.2, 0.25) is 0 Å². The highest BCUT2D eigenvalue weighted by molar-refractivity contribution is 5.97. The van der Waals surface area contributed by atoms with Crippen molar-refractivity contribution in [1.82, 2.24) is 5.32 Å². The van der Waals surface area contributed by atoms with Gasteiger partial charge in [-0.2, -0.15) is 0 Å². The maximum absolute atomic E-state index is 11.9. The molecule has 1 aliphatic heterocycles. The first-order valence-corrected chi connectivity index (χ1v) is 5.83. The van der Waals surface area contributed by atoms with Gasteiger partial charge in [0.2, 0.25) is 0 Å². The van der Waals surface area contributed by atoms with Crippen LogP contribution in [0.25, 0.3) is 0 Å². The van der Waals surface area contributed by atoms with E-state index in [1.54, 1.807) is 12.1 Å². The summed E-state index contributed by atoms with van der Waals surface area (Å²) in [5, 5.41) is 2.77. The highest BCUT2D eigenvalue weighted by Gasteiger charge is 2.30. The average molecular weight is 231 g/mol. The average Bonchev–Trinajstić information content (AvgIpc) is 2.62. The van der Waals surface area contributed by atoms with Gasteiger partial charge in [-0.1, -0.05) is 25.1 Å². The van der Waals surface area contributed by atoms with Gasteiger partial charge in [0.25, 0.3) is 5.91 Å². The van der Waals surface area contributed by atoms with Crippen molar-refractivity contribution in [3.63, 3.8) is 0 Å². The van der Waals surface area contributed by atoms with Crippen molar-refractivity contribution in [2.75, 3.05) is 6.54 Å². The first-order valence-electron chi connectivity index (χ1n) is 5.83. The zero-order valence-corrected chi connectivity index (χ0v) is 10.2. The zero-order valence-electron chi connectivity index (χ0n) is 10.2. The van der Waals surface area contributed by atoms with Gasteiger partial charge in [0, 0.05) is 18.0 Å². The van der Waals surface area contributed by atoms with Crippen molar-refractivity contribution in [3.05, 3.63) is 42.0 Å². The summed E-state index contributed by atoms with van der Waals surface area (Å²) in [6.45, 7) is 8.18. The number of para-hydroxylation sites is 1. The first-order chi connectivity index (χ1) is 8.15. The second-order valence-electron chi connectivity index (χ2n) is 4.33. The number of benzene rings is 1. The van der Waals surface area contributed by atoms with Gasteiger partial charge in [0.1, 0.15) is 11.9 Å². The summed E-state index contributed by atoms with van der Waals surface area (Å²) in [4.78, 5) is 11.9. The molecule has 2 rings (SSSR count). The van der Waals surface area contributed by atoms with Crippen LogP contribution in [0, 0.1) is 0 Å².